The molecule has 0 radical (unpaired) electrons. The van der Waals surface area contributed by atoms with Crippen LogP contribution in [0.15, 0.2) is 24.3 Å². The average Bonchev–Trinajstić information content (AvgIpc) is 2.64. The van der Waals surface area contributed by atoms with Gasteiger partial charge in [-0.05, 0) is 96.6 Å². The van der Waals surface area contributed by atoms with Gasteiger partial charge >= 0.3 is 0 Å². The number of hydrogen-bond acceptors (Lipinski definition) is 3. The van der Waals surface area contributed by atoms with Crippen LogP contribution in [0.4, 0.5) is 0 Å². The highest BCUT2D eigenvalue weighted by Gasteiger charge is 2.33. The maximum absolute atomic E-state index is 5.98. The third-order valence-corrected chi connectivity index (χ3v) is 6.16. The van der Waals surface area contributed by atoms with E-state index in [4.69, 9.17) is 4.74 Å². The Morgan fingerprint density at radius 3 is 2.48 bits per heavy atom. The zero-order valence-corrected chi connectivity index (χ0v) is 18.4. The number of ether oxygens (including phenoxy) is 1. The van der Waals surface area contributed by atoms with Crippen molar-refractivity contribution >= 4 is 0 Å². The summed E-state index contributed by atoms with van der Waals surface area (Å²) in [5, 5.41) is 3.70. The predicted octanol–water partition coefficient (Wildman–Crippen LogP) is 5.00. The van der Waals surface area contributed by atoms with Crippen molar-refractivity contribution in [3.8, 4) is 0 Å². The number of aryl methyl sites for hydroxylation is 1. The van der Waals surface area contributed by atoms with Crippen molar-refractivity contribution in [1.82, 2.24) is 10.2 Å². The van der Waals surface area contributed by atoms with Gasteiger partial charge in [0, 0.05) is 6.61 Å². The molecule has 1 aromatic carbocycles. The van der Waals surface area contributed by atoms with Gasteiger partial charge in [0.1, 0.15) is 0 Å². The maximum Gasteiger partial charge on any atom is 0.0629 e. The van der Waals surface area contributed by atoms with Crippen LogP contribution in [0, 0.1) is 12.8 Å². The number of nitrogens with one attached hydrogen (secondary N) is 1. The highest BCUT2D eigenvalue weighted by atomic mass is 16.5. The van der Waals surface area contributed by atoms with Gasteiger partial charge < -0.3 is 15.0 Å². The van der Waals surface area contributed by atoms with Gasteiger partial charge in [-0.1, -0.05) is 43.7 Å². The summed E-state index contributed by atoms with van der Waals surface area (Å²) >= 11 is 0. The van der Waals surface area contributed by atoms with Crippen molar-refractivity contribution in [3.63, 3.8) is 0 Å². The van der Waals surface area contributed by atoms with Crippen molar-refractivity contribution < 1.29 is 4.74 Å². The second kappa shape index (κ2) is 11.2. The monoisotopic (exact) mass is 374 g/mol. The smallest absolute Gasteiger partial charge is 0.0629 e. The Morgan fingerprint density at radius 2 is 1.85 bits per heavy atom. The molecular formula is C24H42N2O. The second-order valence-electron chi connectivity index (χ2n) is 8.80. The molecule has 1 N–H and O–H groups in total. The minimum absolute atomic E-state index is 0.0169. The Bertz CT molecular complexity index is 522. The lowest BCUT2D eigenvalue weighted by Crippen LogP contribution is -2.37. The largest absolute Gasteiger partial charge is 0.376 e. The zero-order valence-electron chi connectivity index (χ0n) is 18.4. The molecule has 154 valence electrons. The highest BCUT2D eigenvalue weighted by Crippen LogP contribution is 2.39. The molecule has 2 rings (SSSR count). The topological polar surface area (TPSA) is 24.5 Å². The quantitative estimate of drug-likeness (QED) is 0.552. The fraction of sp³-hybridized carbons (Fsp3) is 0.750. The Hall–Kier alpha value is -0.900. The molecule has 1 fully saturated rings. The van der Waals surface area contributed by atoms with Gasteiger partial charge in [-0.25, -0.2) is 0 Å². The first-order valence-corrected chi connectivity index (χ1v) is 11.1. The fourth-order valence-corrected chi connectivity index (χ4v) is 4.46. The molecule has 1 aliphatic heterocycles. The van der Waals surface area contributed by atoms with E-state index in [1.165, 1.54) is 36.9 Å². The van der Waals surface area contributed by atoms with E-state index in [1.54, 1.807) is 0 Å². The Morgan fingerprint density at radius 1 is 1.15 bits per heavy atom. The van der Waals surface area contributed by atoms with Crippen LogP contribution in [0.25, 0.3) is 0 Å². The molecule has 3 heteroatoms. The molecule has 0 spiro atoms. The number of benzene rings is 1. The van der Waals surface area contributed by atoms with Gasteiger partial charge in [0.05, 0.1) is 5.60 Å². The van der Waals surface area contributed by atoms with Gasteiger partial charge in [-0.3, -0.25) is 0 Å². The van der Waals surface area contributed by atoms with Crippen molar-refractivity contribution in [3.05, 3.63) is 35.4 Å². The number of hydrogen-bond donors (Lipinski definition) is 1. The molecule has 0 aliphatic carbocycles. The fourth-order valence-electron chi connectivity index (χ4n) is 4.46. The van der Waals surface area contributed by atoms with E-state index in [0.717, 1.165) is 39.2 Å². The summed E-state index contributed by atoms with van der Waals surface area (Å²) in [5.41, 5.74) is 2.87. The van der Waals surface area contributed by atoms with Crippen LogP contribution in [0.1, 0.15) is 70.4 Å². The van der Waals surface area contributed by atoms with E-state index < -0.39 is 0 Å². The van der Waals surface area contributed by atoms with E-state index in [-0.39, 0.29) is 5.60 Å². The second-order valence-corrected chi connectivity index (χ2v) is 8.80. The molecule has 0 saturated carbocycles. The van der Waals surface area contributed by atoms with Crippen LogP contribution in [0.5, 0.6) is 0 Å². The lowest BCUT2D eigenvalue weighted by molar-refractivity contribution is -0.0771. The summed E-state index contributed by atoms with van der Waals surface area (Å²) < 4.78 is 5.98. The van der Waals surface area contributed by atoms with E-state index >= 15 is 0 Å². The molecule has 0 amide bonds. The van der Waals surface area contributed by atoms with Gasteiger partial charge in [0.15, 0.2) is 0 Å². The molecule has 1 aromatic rings. The zero-order chi connectivity index (χ0) is 19.7. The predicted molar refractivity (Wildman–Crippen MR) is 117 cm³/mol. The minimum Gasteiger partial charge on any atom is -0.376 e. The minimum atomic E-state index is 0.0169. The number of rotatable bonds is 11. The normalized spacial score (nSPS) is 20.7. The first-order valence-electron chi connectivity index (χ1n) is 11.1. The first kappa shape index (κ1) is 22.4. The lowest BCUT2D eigenvalue weighted by atomic mass is 9.75. The molecule has 1 aliphatic rings. The van der Waals surface area contributed by atoms with Crippen molar-refractivity contribution in [2.75, 3.05) is 39.3 Å². The van der Waals surface area contributed by atoms with Crippen LogP contribution < -0.4 is 5.32 Å². The van der Waals surface area contributed by atoms with Crippen LogP contribution in [0.3, 0.4) is 0 Å². The van der Waals surface area contributed by atoms with E-state index in [0.29, 0.717) is 11.8 Å². The van der Waals surface area contributed by atoms with Gasteiger partial charge in [-0.15, -0.1) is 0 Å². The first-order chi connectivity index (χ1) is 12.9. The van der Waals surface area contributed by atoms with Gasteiger partial charge in [-0.2, -0.15) is 0 Å². The molecule has 0 unspecified atom stereocenters. The number of nitrogens with zero attached hydrogens (tertiary/aromatic N) is 1. The molecule has 3 nitrogen and oxygen atoms in total. The standard InChI is InChI=1S/C24H42N2O/c1-6-26(7-2)17-8-15-25-16-13-23(21-11-9-20(3)10-12-21)22-14-18-27-24(4,5)19-22/h9-12,22-23,25H,6-8,13-19H2,1-5H3/t22-,23-/m1/s1. The molecule has 0 bridgehead atoms. The Balaban J connectivity index is 1.88. The van der Waals surface area contributed by atoms with E-state index in [9.17, 15) is 0 Å². The van der Waals surface area contributed by atoms with Crippen LogP contribution >= 0.6 is 0 Å². The van der Waals surface area contributed by atoms with E-state index in [1.807, 2.05) is 0 Å². The highest BCUT2D eigenvalue weighted by molar-refractivity contribution is 5.25. The molecule has 1 saturated heterocycles. The van der Waals surface area contributed by atoms with Gasteiger partial charge in [0.25, 0.3) is 0 Å². The summed E-state index contributed by atoms with van der Waals surface area (Å²) in [4.78, 5) is 2.50. The molecule has 1 heterocycles. The Kier molecular flexibility index (Phi) is 9.28. The average molecular weight is 375 g/mol. The molecule has 0 aromatic heterocycles. The lowest BCUT2D eigenvalue weighted by Gasteiger charge is -2.39. The third kappa shape index (κ3) is 7.56. The van der Waals surface area contributed by atoms with Crippen molar-refractivity contribution in [2.45, 2.75) is 71.8 Å². The Labute approximate surface area is 167 Å². The van der Waals surface area contributed by atoms with Crippen LogP contribution in [-0.4, -0.2) is 49.8 Å². The summed E-state index contributed by atoms with van der Waals surface area (Å²) in [6.45, 7) is 17.8. The van der Waals surface area contributed by atoms with E-state index in [2.05, 4.69) is 69.1 Å². The molecule has 27 heavy (non-hydrogen) atoms. The summed E-state index contributed by atoms with van der Waals surface area (Å²) in [6.07, 6.45) is 4.80. The third-order valence-electron chi connectivity index (χ3n) is 6.16. The van der Waals surface area contributed by atoms with Gasteiger partial charge in [0.2, 0.25) is 0 Å². The van der Waals surface area contributed by atoms with Crippen molar-refractivity contribution in [1.29, 1.82) is 0 Å². The molecular weight excluding hydrogens is 332 g/mol. The van der Waals surface area contributed by atoms with Crippen LogP contribution in [-0.2, 0) is 4.74 Å². The van der Waals surface area contributed by atoms with Crippen LogP contribution in [0.2, 0.25) is 0 Å². The maximum atomic E-state index is 5.98. The SMILES string of the molecule is CCN(CC)CCCNCC[C@H](c1ccc(C)cc1)[C@@H]1CCOC(C)(C)C1. The molecule has 2 atom stereocenters. The summed E-state index contributed by atoms with van der Waals surface area (Å²) in [7, 11) is 0. The van der Waals surface area contributed by atoms with Crippen molar-refractivity contribution in [2.24, 2.45) is 5.92 Å². The summed E-state index contributed by atoms with van der Waals surface area (Å²) in [6, 6.07) is 9.24. The summed E-state index contributed by atoms with van der Waals surface area (Å²) in [5.74, 6) is 1.35.